The van der Waals surface area contributed by atoms with Crippen molar-refractivity contribution in [2.75, 3.05) is 0 Å². The maximum atomic E-state index is 6.33. The first-order valence-electron chi connectivity index (χ1n) is 8.25. The van der Waals surface area contributed by atoms with Gasteiger partial charge in [0.25, 0.3) is 0 Å². The standard InChI is InChI=1S/C19H21Cl2N3O2.Co/c1-18(2,3)12-8-25-16(22-12)14-10(20)7-11(21)15(24-14)17-23-13(9-26-17)19(4,5)6;/h7-9H,1-6H3;. The molecule has 0 aliphatic rings. The molecule has 3 heterocycles. The summed E-state index contributed by atoms with van der Waals surface area (Å²) in [5, 5.41) is 0.701. The molecule has 3 aromatic rings. The smallest absolute Gasteiger partial charge is 0.246 e. The molecule has 0 aromatic carbocycles. The van der Waals surface area contributed by atoms with Gasteiger partial charge in [-0.1, -0.05) is 64.7 Å². The van der Waals surface area contributed by atoms with Crippen LogP contribution in [0.5, 0.6) is 0 Å². The largest absolute Gasteiger partial charge is 0.443 e. The van der Waals surface area contributed by atoms with E-state index in [1.54, 1.807) is 18.6 Å². The van der Waals surface area contributed by atoms with E-state index in [2.05, 4.69) is 56.5 Å². The van der Waals surface area contributed by atoms with E-state index in [0.29, 0.717) is 33.2 Å². The molecule has 0 amide bonds. The average Bonchev–Trinajstić information content (AvgIpc) is 3.15. The summed E-state index contributed by atoms with van der Waals surface area (Å²) in [4.78, 5) is 13.6. The van der Waals surface area contributed by atoms with Crippen molar-refractivity contribution in [3.8, 4) is 23.2 Å². The van der Waals surface area contributed by atoms with Crippen molar-refractivity contribution in [1.82, 2.24) is 15.0 Å². The quantitative estimate of drug-likeness (QED) is 0.456. The average molecular weight is 453 g/mol. The summed E-state index contributed by atoms with van der Waals surface area (Å²) in [6, 6.07) is 1.60. The van der Waals surface area contributed by atoms with Crippen LogP contribution in [0.4, 0.5) is 0 Å². The molecular weight excluding hydrogens is 432 g/mol. The van der Waals surface area contributed by atoms with Gasteiger partial charge < -0.3 is 8.83 Å². The Morgan fingerprint density at radius 2 is 1.07 bits per heavy atom. The van der Waals surface area contributed by atoms with Crippen LogP contribution in [0.15, 0.2) is 27.4 Å². The third-order valence-electron chi connectivity index (χ3n) is 3.88. The van der Waals surface area contributed by atoms with E-state index >= 15 is 0 Å². The second kappa shape index (κ2) is 7.58. The van der Waals surface area contributed by atoms with Gasteiger partial charge in [0.15, 0.2) is 0 Å². The van der Waals surface area contributed by atoms with E-state index in [9.17, 15) is 0 Å². The van der Waals surface area contributed by atoms with E-state index in [1.165, 1.54) is 0 Å². The van der Waals surface area contributed by atoms with Crippen molar-refractivity contribution >= 4 is 23.2 Å². The Kier molecular flexibility index (Phi) is 6.17. The summed E-state index contributed by atoms with van der Waals surface area (Å²) >= 11 is 12.7. The monoisotopic (exact) mass is 452 g/mol. The summed E-state index contributed by atoms with van der Waals surface area (Å²) in [7, 11) is 0. The number of pyridine rings is 1. The van der Waals surface area contributed by atoms with Crippen LogP contribution in [0, 0.1) is 0 Å². The van der Waals surface area contributed by atoms with E-state index in [4.69, 9.17) is 32.0 Å². The molecule has 8 heteroatoms. The maximum Gasteiger partial charge on any atom is 0.246 e. The van der Waals surface area contributed by atoms with Gasteiger partial charge in [-0.15, -0.1) is 0 Å². The molecule has 27 heavy (non-hydrogen) atoms. The van der Waals surface area contributed by atoms with Gasteiger partial charge in [-0.3, -0.25) is 0 Å². The van der Waals surface area contributed by atoms with Gasteiger partial charge in [0.1, 0.15) is 23.9 Å². The molecule has 147 valence electrons. The van der Waals surface area contributed by atoms with Crippen LogP contribution < -0.4 is 0 Å². The van der Waals surface area contributed by atoms with E-state index in [0.717, 1.165) is 11.4 Å². The van der Waals surface area contributed by atoms with Crippen molar-refractivity contribution in [1.29, 1.82) is 0 Å². The zero-order valence-electron chi connectivity index (χ0n) is 16.0. The number of hydrogen-bond donors (Lipinski definition) is 0. The van der Waals surface area contributed by atoms with Crippen molar-refractivity contribution in [2.45, 2.75) is 52.4 Å². The van der Waals surface area contributed by atoms with Crippen molar-refractivity contribution < 1.29 is 25.6 Å². The van der Waals surface area contributed by atoms with Gasteiger partial charge in [0.2, 0.25) is 11.8 Å². The van der Waals surface area contributed by atoms with Gasteiger partial charge in [-0.25, -0.2) is 15.0 Å². The van der Waals surface area contributed by atoms with Crippen LogP contribution in [-0.2, 0) is 27.6 Å². The van der Waals surface area contributed by atoms with E-state index < -0.39 is 0 Å². The van der Waals surface area contributed by atoms with Crippen molar-refractivity contribution in [3.05, 3.63) is 40.0 Å². The number of hydrogen-bond acceptors (Lipinski definition) is 5. The number of oxazole rings is 2. The normalized spacial score (nSPS) is 12.1. The molecule has 3 rings (SSSR count). The molecule has 0 spiro atoms. The Bertz CT molecular complexity index is 879. The summed E-state index contributed by atoms with van der Waals surface area (Å²) in [6.45, 7) is 12.3. The van der Waals surface area contributed by atoms with Crippen molar-refractivity contribution in [2.24, 2.45) is 0 Å². The summed E-state index contributed by atoms with van der Waals surface area (Å²) in [5.41, 5.74) is 2.14. The fourth-order valence-electron chi connectivity index (χ4n) is 2.22. The Morgan fingerprint density at radius 3 is 1.37 bits per heavy atom. The molecule has 0 unspecified atom stereocenters. The predicted octanol–water partition coefficient (Wildman–Crippen LogP) is 6.29. The maximum absolute atomic E-state index is 6.33. The minimum atomic E-state index is -0.145. The fraction of sp³-hybridized carbons (Fsp3) is 0.421. The molecule has 5 nitrogen and oxygen atoms in total. The summed E-state index contributed by atoms with van der Waals surface area (Å²) < 4.78 is 11.2. The van der Waals surface area contributed by atoms with Gasteiger partial charge in [0, 0.05) is 27.6 Å². The third kappa shape index (κ3) is 4.56. The molecule has 0 saturated carbocycles. The van der Waals surface area contributed by atoms with Crippen LogP contribution in [0.3, 0.4) is 0 Å². The predicted molar refractivity (Wildman–Crippen MR) is 103 cm³/mol. The van der Waals surface area contributed by atoms with Gasteiger partial charge in [0.05, 0.1) is 21.4 Å². The second-order valence-corrected chi connectivity index (χ2v) is 9.04. The van der Waals surface area contributed by atoms with Crippen LogP contribution in [0.25, 0.3) is 23.2 Å². The fourth-order valence-corrected chi connectivity index (χ4v) is 2.74. The molecule has 0 aliphatic heterocycles. The van der Waals surface area contributed by atoms with Crippen LogP contribution in [-0.4, -0.2) is 15.0 Å². The Labute approximate surface area is 179 Å². The molecule has 0 atom stereocenters. The molecule has 3 aromatic heterocycles. The molecule has 0 bridgehead atoms. The molecule has 1 radical (unpaired) electrons. The second-order valence-electron chi connectivity index (χ2n) is 8.23. The molecule has 0 aliphatic carbocycles. The van der Waals surface area contributed by atoms with Crippen LogP contribution >= 0.6 is 23.2 Å². The summed E-state index contributed by atoms with van der Waals surface area (Å²) in [6.07, 6.45) is 3.23. The zero-order valence-corrected chi connectivity index (χ0v) is 18.5. The van der Waals surface area contributed by atoms with Crippen LogP contribution in [0.2, 0.25) is 10.0 Å². The molecule has 0 fully saturated rings. The van der Waals surface area contributed by atoms with Crippen LogP contribution in [0.1, 0.15) is 52.9 Å². The zero-order chi connectivity index (χ0) is 19.3. The first-order chi connectivity index (χ1) is 12.0. The topological polar surface area (TPSA) is 65.0 Å². The first-order valence-corrected chi connectivity index (χ1v) is 9.01. The number of aromatic nitrogens is 3. The minimum absolute atomic E-state index is 0. The first kappa shape index (κ1) is 22.0. The van der Waals surface area contributed by atoms with E-state index in [1.807, 2.05) is 0 Å². The number of halogens is 2. The Balaban J connectivity index is 0.00000261. The van der Waals surface area contributed by atoms with E-state index in [-0.39, 0.29) is 27.6 Å². The Morgan fingerprint density at radius 1 is 0.704 bits per heavy atom. The SMILES string of the molecule is CC(C)(C)c1coc(-c2nc(-c3nc(C(C)(C)C)co3)c(Cl)cc2Cl)n1.[Co]. The number of nitrogens with zero attached hydrogens (tertiary/aromatic N) is 3. The minimum Gasteiger partial charge on any atom is -0.443 e. The van der Waals surface area contributed by atoms with Gasteiger partial charge in [-0.05, 0) is 6.07 Å². The number of rotatable bonds is 2. The molecule has 0 N–H and O–H groups in total. The summed E-state index contributed by atoms with van der Waals surface area (Å²) in [5.74, 6) is 0.667. The van der Waals surface area contributed by atoms with Crippen molar-refractivity contribution in [3.63, 3.8) is 0 Å². The van der Waals surface area contributed by atoms with Gasteiger partial charge in [-0.2, -0.15) is 0 Å². The molecule has 0 saturated heterocycles. The molecular formula is C19H21Cl2CoN3O2. The third-order valence-corrected chi connectivity index (χ3v) is 4.46. The van der Waals surface area contributed by atoms with Gasteiger partial charge >= 0.3 is 0 Å². The Hall–Kier alpha value is -1.34.